The number of para-hydroxylation sites is 1. The zero-order valence-electron chi connectivity index (χ0n) is 9.48. The van der Waals surface area contributed by atoms with Gasteiger partial charge in [-0.1, -0.05) is 12.1 Å². The summed E-state index contributed by atoms with van der Waals surface area (Å²) in [5, 5.41) is 0. The molecule has 0 saturated heterocycles. The number of rotatable bonds is 2. The number of benzene rings is 1. The van der Waals surface area contributed by atoms with Gasteiger partial charge < -0.3 is 9.47 Å². The SMILES string of the molecule is CC(=O)Oc1ccccc1C(=O)OC(=O)C(F)(F)F. The zero-order valence-corrected chi connectivity index (χ0v) is 9.48. The van der Waals surface area contributed by atoms with Crippen molar-refractivity contribution in [1.29, 1.82) is 0 Å². The van der Waals surface area contributed by atoms with E-state index in [9.17, 15) is 27.6 Å². The molecule has 0 aliphatic heterocycles. The molecule has 0 radical (unpaired) electrons. The lowest BCUT2D eigenvalue weighted by Crippen LogP contribution is -2.28. The Bertz CT molecular complexity index is 521. The third kappa shape index (κ3) is 4.09. The van der Waals surface area contributed by atoms with Crippen LogP contribution in [0.2, 0.25) is 0 Å². The second kappa shape index (κ2) is 5.51. The summed E-state index contributed by atoms with van der Waals surface area (Å²) in [6.07, 6.45) is -5.29. The van der Waals surface area contributed by atoms with Crippen molar-refractivity contribution in [3.63, 3.8) is 0 Å². The van der Waals surface area contributed by atoms with Gasteiger partial charge in [0.1, 0.15) is 11.3 Å². The van der Waals surface area contributed by atoms with Gasteiger partial charge in [-0.3, -0.25) is 4.79 Å². The fraction of sp³-hybridized carbons (Fsp3) is 0.182. The molecule has 0 aliphatic carbocycles. The van der Waals surface area contributed by atoms with Gasteiger partial charge in [-0.2, -0.15) is 13.2 Å². The number of carbonyl (C=O) groups excluding carboxylic acids is 3. The number of hydrogen-bond donors (Lipinski definition) is 0. The van der Waals surface area contributed by atoms with E-state index in [1.54, 1.807) is 0 Å². The third-order valence-electron chi connectivity index (χ3n) is 1.78. The second-order valence-electron chi connectivity index (χ2n) is 3.26. The Morgan fingerprint density at radius 3 is 2.21 bits per heavy atom. The van der Waals surface area contributed by atoms with Crippen LogP contribution in [0.1, 0.15) is 17.3 Å². The average molecular weight is 276 g/mol. The van der Waals surface area contributed by atoms with Crippen molar-refractivity contribution >= 4 is 17.9 Å². The molecule has 0 unspecified atom stereocenters. The minimum absolute atomic E-state index is 0.296. The Labute approximate surface area is 104 Å². The van der Waals surface area contributed by atoms with Crippen molar-refractivity contribution < 1.29 is 37.0 Å². The lowest BCUT2D eigenvalue weighted by molar-refractivity contribution is -0.193. The normalized spacial score (nSPS) is 10.7. The first-order valence-corrected chi connectivity index (χ1v) is 4.82. The number of esters is 3. The van der Waals surface area contributed by atoms with Crippen molar-refractivity contribution in [2.24, 2.45) is 0 Å². The molecule has 1 aromatic rings. The van der Waals surface area contributed by atoms with Crippen molar-refractivity contribution in [3.8, 4) is 5.75 Å². The molecule has 0 saturated carbocycles. The number of halogens is 3. The van der Waals surface area contributed by atoms with Gasteiger partial charge in [-0.05, 0) is 12.1 Å². The predicted molar refractivity (Wildman–Crippen MR) is 54.2 cm³/mol. The van der Waals surface area contributed by atoms with Crippen molar-refractivity contribution in [2.45, 2.75) is 13.1 Å². The monoisotopic (exact) mass is 276 g/mol. The molecular formula is C11H7F3O5. The van der Waals surface area contributed by atoms with Crippen LogP contribution < -0.4 is 4.74 Å². The number of carbonyl (C=O) groups is 3. The van der Waals surface area contributed by atoms with E-state index < -0.39 is 29.6 Å². The van der Waals surface area contributed by atoms with Crippen molar-refractivity contribution in [3.05, 3.63) is 29.8 Å². The molecule has 0 heterocycles. The molecule has 0 amide bonds. The van der Waals surface area contributed by atoms with Gasteiger partial charge in [0.25, 0.3) is 0 Å². The summed E-state index contributed by atoms with van der Waals surface area (Å²) < 4.78 is 44.0. The van der Waals surface area contributed by atoms with E-state index in [1.165, 1.54) is 18.2 Å². The molecule has 8 heteroatoms. The van der Waals surface area contributed by atoms with Crippen LogP contribution >= 0.6 is 0 Å². The summed E-state index contributed by atoms with van der Waals surface area (Å²) in [6, 6.07) is 4.93. The molecular weight excluding hydrogens is 269 g/mol. The van der Waals surface area contributed by atoms with Gasteiger partial charge in [-0.25, -0.2) is 9.59 Å². The minimum Gasteiger partial charge on any atom is -0.426 e. The lowest BCUT2D eigenvalue weighted by Gasteiger charge is -2.08. The highest BCUT2D eigenvalue weighted by Gasteiger charge is 2.42. The van der Waals surface area contributed by atoms with Crippen LogP contribution in [-0.4, -0.2) is 24.1 Å². The Kier molecular flexibility index (Phi) is 4.26. The maximum Gasteiger partial charge on any atom is 0.491 e. The Balaban J connectivity index is 2.94. The van der Waals surface area contributed by atoms with E-state index in [4.69, 9.17) is 0 Å². The number of alkyl halides is 3. The fourth-order valence-electron chi connectivity index (χ4n) is 1.08. The van der Waals surface area contributed by atoms with E-state index in [0.717, 1.165) is 13.0 Å². The van der Waals surface area contributed by atoms with Crippen LogP contribution in [0.5, 0.6) is 5.75 Å². The van der Waals surface area contributed by atoms with Crippen LogP contribution in [0, 0.1) is 0 Å². The summed E-state index contributed by atoms with van der Waals surface area (Å²) in [7, 11) is 0. The standard InChI is InChI=1S/C11H7F3O5/c1-6(15)18-8-5-3-2-4-7(8)9(16)19-10(17)11(12,13)14/h2-5H,1H3. The smallest absolute Gasteiger partial charge is 0.426 e. The molecule has 0 aliphatic rings. The molecule has 19 heavy (non-hydrogen) atoms. The summed E-state index contributed by atoms with van der Waals surface area (Å²) in [4.78, 5) is 32.6. The Hall–Kier alpha value is -2.38. The molecule has 102 valence electrons. The fourth-order valence-corrected chi connectivity index (χ4v) is 1.08. The van der Waals surface area contributed by atoms with E-state index in [2.05, 4.69) is 9.47 Å². The summed E-state index contributed by atoms with van der Waals surface area (Å²) in [5.74, 6) is -5.27. The van der Waals surface area contributed by atoms with Gasteiger partial charge in [-0.15, -0.1) is 0 Å². The molecule has 1 aromatic carbocycles. The number of hydrogen-bond acceptors (Lipinski definition) is 5. The van der Waals surface area contributed by atoms with E-state index in [0.29, 0.717) is 0 Å². The molecule has 0 bridgehead atoms. The van der Waals surface area contributed by atoms with Crippen molar-refractivity contribution in [2.75, 3.05) is 0 Å². The summed E-state index contributed by atoms with van der Waals surface area (Å²) in [5.41, 5.74) is -0.463. The molecule has 0 fully saturated rings. The van der Waals surface area contributed by atoms with Crippen LogP contribution in [0.15, 0.2) is 24.3 Å². The van der Waals surface area contributed by atoms with E-state index in [1.807, 2.05) is 0 Å². The highest BCUT2D eigenvalue weighted by Crippen LogP contribution is 2.22. The molecule has 0 N–H and O–H groups in total. The van der Waals surface area contributed by atoms with Crippen LogP contribution in [0.3, 0.4) is 0 Å². The van der Waals surface area contributed by atoms with Gasteiger partial charge >= 0.3 is 24.1 Å². The first-order chi connectivity index (χ1) is 8.71. The second-order valence-corrected chi connectivity index (χ2v) is 3.26. The van der Waals surface area contributed by atoms with Gasteiger partial charge in [0.15, 0.2) is 0 Å². The topological polar surface area (TPSA) is 69.7 Å². The number of ether oxygens (including phenoxy) is 2. The van der Waals surface area contributed by atoms with E-state index >= 15 is 0 Å². The molecule has 5 nitrogen and oxygen atoms in total. The largest absolute Gasteiger partial charge is 0.491 e. The van der Waals surface area contributed by atoms with Crippen LogP contribution in [0.25, 0.3) is 0 Å². The van der Waals surface area contributed by atoms with E-state index in [-0.39, 0.29) is 5.75 Å². The lowest BCUT2D eigenvalue weighted by atomic mass is 10.2. The quantitative estimate of drug-likeness (QED) is 0.468. The molecule has 0 spiro atoms. The summed E-state index contributed by atoms with van der Waals surface area (Å²) in [6.45, 7) is 1.04. The zero-order chi connectivity index (χ0) is 14.6. The minimum atomic E-state index is -5.29. The van der Waals surface area contributed by atoms with Gasteiger partial charge in [0.2, 0.25) is 0 Å². The Morgan fingerprint density at radius 1 is 1.11 bits per heavy atom. The van der Waals surface area contributed by atoms with Crippen molar-refractivity contribution in [1.82, 2.24) is 0 Å². The molecule has 1 rings (SSSR count). The maximum absolute atomic E-state index is 11.9. The highest BCUT2D eigenvalue weighted by atomic mass is 19.4. The maximum atomic E-state index is 11.9. The highest BCUT2D eigenvalue weighted by molar-refractivity contribution is 6.00. The predicted octanol–water partition coefficient (Wildman–Crippen LogP) is 1.86. The first kappa shape index (κ1) is 14.7. The average Bonchev–Trinajstić information content (AvgIpc) is 2.27. The van der Waals surface area contributed by atoms with Gasteiger partial charge in [0.05, 0.1) is 0 Å². The molecule has 0 aromatic heterocycles. The van der Waals surface area contributed by atoms with Crippen LogP contribution in [0.4, 0.5) is 13.2 Å². The van der Waals surface area contributed by atoms with Crippen LogP contribution in [-0.2, 0) is 14.3 Å². The first-order valence-electron chi connectivity index (χ1n) is 4.82. The van der Waals surface area contributed by atoms with Gasteiger partial charge in [0, 0.05) is 6.92 Å². The third-order valence-corrected chi connectivity index (χ3v) is 1.78. The summed E-state index contributed by atoms with van der Waals surface area (Å²) >= 11 is 0. The Morgan fingerprint density at radius 2 is 1.68 bits per heavy atom. The molecule has 0 atom stereocenters.